The first-order valence-electron chi connectivity index (χ1n) is 8.78. The number of aromatic nitrogens is 1. The van der Waals surface area contributed by atoms with Crippen LogP contribution in [0.4, 0.5) is 0 Å². The van der Waals surface area contributed by atoms with Gasteiger partial charge in [0.1, 0.15) is 11.9 Å². The van der Waals surface area contributed by atoms with Crippen molar-refractivity contribution in [3.8, 4) is 5.75 Å². The van der Waals surface area contributed by atoms with Crippen molar-refractivity contribution in [2.45, 2.75) is 32.3 Å². The van der Waals surface area contributed by atoms with Gasteiger partial charge in [0.2, 0.25) is 0 Å². The molecule has 0 bridgehead atoms. The Balaban J connectivity index is 1.45. The van der Waals surface area contributed by atoms with Crippen LogP contribution in [-0.2, 0) is 6.42 Å². The van der Waals surface area contributed by atoms with Crippen molar-refractivity contribution in [3.05, 3.63) is 65.4 Å². The number of carbonyl (C=O) groups is 1. The zero-order chi connectivity index (χ0) is 17.4. The Morgan fingerprint density at radius 1 is 1.16 bits per heavy atom. The maximum atomic E-state index is 12.6. The van der Waals surface area contributed by atoms with Crippen LogP contribution in [0.1, 0.15) is 41.3 Å². The van der Waals surface area contributed by atoms with Crippen molar-refractivity contribution >= 4 is 16.8 Å². The molecule has 25 heavy (non-hydrogen) atoms. The SMILES string of the molecule is CC1Oc2c(C(=O)NCCc3c[nH]c4ccccc34)cccc2C1C. The smallest absolute Gasteiger partial charge is 0.255 e. The van der Waals surface area contributed by atoms with Gasteiger partial charge in [-0.15, -0.1) is 0 Å². The van der Waals surface area contributed by atoms with E-state index in [-0.39, 0.29) is 12.0 Å². The van der Waals surface area contributed by atoms with Gasteiger partial charge in [0, 0.05) is 35.1 Å². The molecule has 0 aliphatic carbocycles. The van der Waals surface area contributed by atoms with E-state index in [1.54, 1.807) is 0 Å². The third-order valence-electron chi connectivity index (χ3n) is 5.14. The first-order chi connectivity index (χ1) is 12.1. The highest BCUT2D eigenvalue weighted by Gasteiger charge is 2.30. The zero-order valence-electron chi connectivity index (χ0n) is 14.5. The summed E-state index contributed by atoms with van der Waals surface area (Å²) in [5.41, 5.74) is 4.10. The largest absolute Gasteiger partial charge is 0.489 e. The van der Waals surface area contributed by atoms with Gasteiger partial charge in [-0.2, -0.15) is 0 Å². The second kappa shape index (κ2) is 6.28. The molecule has 0 radical (unpaired) electrons. The van der Waals surface area contributed by atoms with Crippen molar-refractivity contribution in [2.24, 2.45) is 0 Å². The highest BCUT2D eigenvalue weighted by atomic mass is 16.5. The summed E-state index contributed by atoms with van der Waals surface area (Å²) in [6, 6.07) is 14.0. The average Bonchev–Trinajstić information content (AvgIpc) is 3.16. The van der Waals surface area contributed by atoms with Gasteiger partial charge < -0.3 is 15.0 Å². The molecule has 0 fully saturated rings. The maximum absolute atomic E-state index is 12.6. The number of para-hydroxylation sites is 2. The lowest BCUT2D eigenvalue weighted by Gasteiger charge is -2.10. The molecule has 0 saturated carbocycles. The van der Waals surface area contributed by atoms with Crippen LogP contribution in [0.2, 0.25) is 0 Å². The third kappa shape index (κ3) is 2.78. The first-order valence-corrected chi connectivity index (χ1v) is 8.78. The van der Waals surface area contributed by atoms with Gasteiger partial charge in [-0.3, -0.25) is 4.79 Å². The van der Waals surface area contributed by atoms with E-state index in [2.05, 4.69) is 29.4 Å². The Kier molecular flexibility index (Phi) is 3.96. The average molecular weight is 334 g/mol. The molecule has 1 aliphatic heterocycles. The Morgan fingerprint density at radius 3 is 2.88 bits per heavy atom. The summed E-state index contributed by atoms with van der Waals surface area (Å²) in [5.74, 6) is 0.985. The van der Waals surface area contributed by atoms with Crippen LogP contribution in [0.5, 0.6) is 5.75 Å². The Hall–Kier alpha value is -2.75. The van der Waals surface area contributed by atoms with Crippen LogP contribution in [0.3, 0.4) is 0 Å². The number of amides is 1. The van der Waals surface area contributed by atoms with Crippen LogP contribution in [0.15, 0.2) is 48.7 Å². The molecule has 0 spiro atoms. The molecule has 4 heteroatoms. The number of fused-ring (bicyclic) bond motifs is 2. The normalized spacial score (nSPS) is 18.8. The molecule has 1 aliphatic rings. The monoisotopic (exact) mass is 334 g/mol. The number of H-pyrrole nitrogens is 1. The first kappa shape index (κ1) is 15.8. The minimum Gasteiger partial charge on any atom is -0.489 e. The fraction of sp³-hybridized carbons (Fsp3) is 0.286. The number of nitrogens with one attached hydrogen (secondary N) is 2. The van der Waals surface area contributed by atoms with Crippen molar-refractivity contribution in [1.29, 1.82) is 0 Å². The summed E-state index contributed by atoms with van der Waals surface area (Å²) in [7, 11) is 0. The van der Waals surface area contributed by atoms with Gasteiger partial charge in [-0.1, -0.05) is 37.3 Å². The van der Waals surface area contributed by atoms with E-state index in [0.717, 1.165) is 23.3 Å². The number of benzene rings is 2. The van der Waals surface area contributed by atoms with Crippen LogP contribution < -0.4 is 10.1 Å². The lowest BCUT2D eigenvalue weighted by molar-refractivity contribution is 0.0949. The fourth-order valence-corrected chi connectivity index (χ4v) is 3.51. The van der Waals surface area contributed by atoms with Gasteiger partial charge in [0.05, 0.1) is 5.56 Å². The lowest BCUT2D eigenvalue weighted by atomic mass is 9.97. The Morgan fingerprint density at radius 2 is 2.00 bits per heavy atom. The summed E-state index contributed by atoms with van der Waals surface area (Å²) >= 11 is 0. The summed E-state index contributed by atoms with van der Waals surface area (Å²) in [4.78, 5) is 15.9. The van der Waals surface area contributed by atoms with Crippen LogP contribution >= 0.6 is 0 Å². The summed E-state index contributed by atoms with van der Waals surface area (Å²) in [5, 5.41) is 4.24. The van der Waals surface area contributed by atoms with Gasteiger partial charge >= 0.3 is 0 Å². The number of carbonyl (C=O) groups excluding carboxylic acids is 1. The minimum atomic E-state index is -0.0713. The molecule has 1 aromatic heterocycles. The molecule has 3 aromatic rings. The molecule has 2 N–H and O–H groups in total. The van der Waals surface area contributed by atoms with E-state index in [4.69, 9.17) is 4.74 Å². The molecule has 2 heterocycles. The third-order valence-corrected chi connectivity index (χ3v) is 5.14. The van der Waals surface area contributed by atoms with E-state index >= 15 is 0 Å². The van der Waals surface area contributed by atoms with E-state index in [1.165, 1.54) is 10.9 Å². The number of hydrogen-bond donors (Lipinski definition) is 2. The number of rotatable bonds is 4. The molecule has 4 nitrogen and oxygen atoms in total. The molecule has 1 amide bonds. The van der Waals surface area contributed by atoms with Crippen LogP contribution in [0.25, 0.3) is 10.9 Å². The molecule has 2 atom stereocenters. The van der Waals surface area contributed by atoms with Gasteiger partial charge in [-0.25, -0.2) is 0 Å². The predicted octanol–water partition coefficient (Wildman–Crippen LogP) is 4.02. The topological polar surface area (TPSA) is 54.1 Å². The second-order valence-corrected chi connectivity index (χ2v) is 6.70. The second-order valence-electron chi connectivity index (χ2n) is 6.70. The van der Waals surface area contributed by atoms with Crippen molar-refractivity contribution in [1.82, 2.24) is 10.3 Å². The standard InChI is InChI=1S/C21H22N2O2/c1-13-14(2)25-20-16(13)7-5-8-18(20)21(24)22-11-10-15-12-23-19-9-4-3-6-17(15)19/h3-9,12-14,23H,10-11H2,1-2H3,(H,22,24). The Bertz CT molecular complexity index is 929. The summed E-state index contributed by atoms with van der Waals surface area (Å²) in [6.45, 7) is 4.77. The highest BCUT2D eigenvalue weighted by molar-refractivity contribution is 5.97. The molecule has 0 saturated heterocycles. The summed E-state index contributed by atoms with van der Waals surface area (Å²) < 4.78 is 5.92. The van der Waals surface area contributed by atoms with Gasteiger partial charge in [-0.05, 0) is 31.0 Å². The molecule has 4 rings (SSSR count). The van der Waals surface area contributed by atoms with E-state index in [9.17, 15) is 4.79 Å². The fourth-order valence-electron chi connectivity index (χ4n) is 3.51. The quantitative estimate of drug-likeness (QED) is 0.757. The van der Waals surface area contributed by atoms with E-state index < -0.39 is 0 Å². The van der Waals surface area contributed by atoms with Crippen LogP contribution in [-0.4, -0.2) is 23.5 Å². The predicted molar refractivity (Wildman–Crippen MR) is 99.3 cm³/mol. The number of aromatic amines is 1. The van der Waals surface area contributed by atoms with E-state index in [1.807, 2.05) is 43.5 Å². The highest BCUT2D eigenvalue weighted by Crippen LogP contribution is 2.40. The lowest BCUT2D eigenvalue weighted by Crippen LogP contribution is -2.26. The minimum absolute atomic E-state index is 0.0713. The van der Waals surface area contributed by atoms with E-state index in [0.29, 0.717) is 18.0 Å². The molecular formula is C21H22N2O2. The molecular weight excluding hydrogens is 312 g/mol. The van der Waals surface area contributed by atoms with Gasteiger partial charge in [0.25, 0.3) is 5.91 Å². The number of hydrogen-bond acceptors (Lipinski definition) is 2. The molecule has 2 unspecified atom stereocenters. The van der Waals surface area contributed by atoms with Crippen molar-refractivity contribution in [3.63, 3.8) is 0 Å². The maximum Gasteiger partial charge on any atom is 0.255 e. The van der Waals surface area contributed by atoms with Crippen molar-refractivity contribution in [2.75, 3.05) is 6.54 Å². The summed E-state index contributed by atoms with van der Waals surface area (Å²) in [6.07, 6.45) is 2.91. The Labute approximate surface area is 147 Å². The molecule has 128 valence electrons. The number of ether oxygens (including phenoxy) is 1. The van der Waals surface area contributed by atoms with Crippen LogP contribution in [0, 0.1) is 0 Å². The van der Waals surface area contributed by atoms with Crippen molar-refractivity contribution < 1.29 is 9.53 Å². The molecule has 2 aromatic carbocycles. The zero-order valence-corrected chi connectivity index (χ0v) is 14.5. The van der Waals surface area contributed by atoms with Gasteiger partial charge in [0.15, 0.2) is 0 Å².